The number of nitrogens with zero attached hydrogens (tertiary/aromatic N) is 3. The van der Waals surface area contributed by atoms with Crippen molar-refractivity contribution in [1.29, 1.82) is 0 Å². The van der Waals surface area contributed by atoms with Crippen LogP contribution in [0.25, 0.3) is 22.8 Å². The van der Waals surface area contributed by atoms with E-state index >= 15 is 0 Å². The Hall–Kier alpha value is -3.42. The molecule has 168 valence electrons. The van der Waals surface area contributed by atoms with Crippen molar-refractivity contribution in [3.63, 3.8) is 0 Å². The number of ether oxygens (including phenoxy) is 1. The Balaban J connectivity index is 1.45. The number of benzene rings is 2. The predicted molar refractivity (Wildman–Crippen MR) is 123 cm³/mol. The molecule has 1 saturated heterocycles. The summed E-state index contributed by atoms with van der Waals surface area (Å²) < 4.78 is 16.8. The molecule has 7 nitrogen and oxygen atoms in total. The number of halogens is 1. The Morgan fingerprint density at radius 1 is 1.09 bits per heavy atom. The molecule has 3 heterocycles. The van der Waals surface area contributed by atoms with Gasteiger partial charge in [-0.25, -0.2) is 0 Å². The highest BCUT2D eigenvalue weighted by Crippen LogP contribution is 2.28. The van der Waals surface area contributed by atoms with E-state index in [1.54, 1.807) is 29.4 Å². The number of hydrogen-bond acceptors (Lipinski definition) is 6. The molecule has 0 saturated carbocycles. The molecule has 5 rings (SSSR count). The molecule has 1 aliphatic rings. The molecular weight excluding hydrogens is 442 g/mol. The van der Waals surface area contributed by atoms with Crippen LogP contribution >= 0.6 is 11.6 Å². The van der Waals surface area contributed by atoms with Crippen molar-refractivity contribution >= 4 is 17.5 Å². The van der Waals surface area contributed by atoms with E-state index in [4.69, 9.17) is 25.3 Å². The molecule has 0 unspecified atom stereocenters. The molecule has 1 fully saturated rings. The number of carbonyl (C=O) groups excluding carboxylic acids is 1. The van der Waals surface area contributed by atoms with E-state index in [2.05, 4.69) is 10.1 Å². The number of hydrogen-bond donors (Lipinski definition) is 0. The van der Waals surface area contributed by atoms with Crippen molar-refractivity contribution in [1.82, 2.24) is 15.0 Å². The van der Waals surface area contributed by atoms with Crippen molar-refractivity contribution in [2.45, 2.75) is 25.5 Å². The first kappa shape index (κ1) is 21.4. The largest absolute Gasteiger partial charge is 0.467 e. The molecule has 0 spiro atoms. The quantitative estimate of drug-likeness (QED) is 0.361. The fourth-order valence-corrected chi connectivity index (χ4v) is 4.05. The third-order valence-corrected chi connectivity index (χ3v) is 5.83. The van der Waals surface area contributed by atoms with Crippen LogP contribution in [0.2, 0.25) is 5.02 Å². The average molecular weight is 464 g/mol. The van der Waals surface area contributed by atoms with E-state index in [9.17, 15) is 4.79 Å². The summed E-state index contributed by atoms with van der Waals surface area (Å²) in [5.74, 6) is 1.26. The van der Waals surface area contributed by atoms with Gasteiger partial charge in [0, 0.05) is 23.7 Å². The van der Waals surface area contributed by atoms with Crippen LogP contribution < -0.4 is 0 Å². The highest BCUT2D eigenvalue weighted by atomic mass is 35.5. The minimum atomic E-state index is -0.149. The first-order valence-electron chi connectivity index (χ1n) is 10.8. The van der Waals surface area contributed by atoms with Crippen LogP contribution in [0.5, 0.6) is 0 Å². The first-order chi connectivity index (χ1) is 16.2. The summed E-state index contributed by atoms with van der Waals surface area (Å²) in [5.41, 5.74) is 1.83. The Morgan fingerprint density at radius 2 is 1.94 bits per heavy atom. The summed E-state index contributed by atoms with van der Waals surface area (Å²) >= 11 is 5.97. The summed E-state index contributed by atoms with van der Waals surface area (Å²) in [5, 5.41) is 4.72. The Morgan fingerprint density at radius 3 is 2.70 bits per heavy atom. The average Bonchev–Trinajstić information content (AvgIpc) is 3.62. The molecule has 0 N–H and O–H groups in total. The van der Waals surface area contributed by atoms with Gasteiger partial charge in [-0.15, -0.1) is 0 Å². The minimum absolute atomic E-state index is 0.0102. The number of carbonyl (C=O) groups is 1. The van der Waals surface area contributed by atoms with Crippen molar-refractivity contribution in [2.24, 2.45) is 0 Å². The van der Waals surface area contributed by atoms with E-state index in [-0.39, 0.29) is 17.9 Å². The van der Waals surface area contributed by atoms with Gasteiger partial charge in [0.15, 0.2) is 0 Å². The van der Waals surface area contributed by atoms with E-state index in [0.717, 1.165) is 25.0 Å². The van der Waals surface area contributed by atoms with Gasteiger partial charge in [0.1, 0.15) is 5.76 Å². The molecule has 33 heavy (non-hydrogen) atoms. The van der Waals surface area contributed by atoms with Gasteiger partial charge in [-0.3, -0.25) is 4.79 Å². The standard InChI is InChI=1S/C25H22ClN3O4/c26-18-11-9-17(10-12-18)23-27-24(33-28-23)21-7-1-2-8-22(21)25(30)29(15-19-5-3-13-31-19)16-20-6-4-14-32-20/h1-3,5,7-13,20H,4,6,14-16H2/t20-/m1/s1. The maximum atomic E-state index is 13.7. The van der Waals surface area contributed by atoms with Gasteiger partial charge in [-0.05, 0) is 61.4 Å². The zero-order valence-electron chi connectivity index (χ0n) is 17.8. The SMILES string of the molecule is O=C(c1ccccc1-c1nc(-c2ccc(Cl)cc2)no1)N(Cc1ccco1)C[C@H]1CCCO1. The first-order valence-corrected chi connectivity index (χ1v) is 11.2. The van der Waals surface area contributed by atoms with Crippen molar-refractivity contribution in [2.75, 3.05) is 13.2 Å². The smallest absolute Gasteiger partial charge is 0.259 e. The van der Waals surface area contributed by atoms with E-state index < -0.39 is 0 Å². The second kappa shape index (κ2) is 9.60. The predicted octanol–water partition coefficient (Wildman–Crippen LogP) is 5.47. The van der Waals surface area contributed by atoms with Gasteiger partial charge in [-0.2, -0.15) is 4.98 Å². The minimum Gasteiger partial charge on any atom is -0.467 e. The summed E-state index contributed by atoms with van der Waals surface area (Å²) in [6, 6.07) is 18.1. The lowest BCUT2D eigenvalue weighted by Gasteiger charge is -2.25. The van der Waals surface area contributed by atoms with E-state index in [1.165, 1.54) is 0 Å². The molecule has 1 amide bonds. The van der Waals surface area contributed by atoms with Gasteiger partial charge in [0.2, 0.25) is 5.82 Å². The molecule has 1 aliphatic heterocycles. The van der Waals surface area contributed by atoms with Gasteiger partial charge >= 0.3 is 0 Å². The van der Waals surface area contributed by atoms with E-state index in [0.29, 0.717) is 40.8 Å². The van der Waals surface area contributed by atoms with Crippen LogP contribution in [-0.4, -0.2) is 40.2 Å². The van der Waals surface area contributed by atoms with E-state index in [1.807, 2.05) is 42.5 Å². The van der Waals surface area contributed by atoms with Crippen molar-refractivity contribution in [3.8, 4) is 22.8 Å². The van der Waals surface area contributed by atoms with Crippen LogP contribution in [0.1, 0.15) is 29.0 Å². The molecule has 8 heteroatoms. The summed E-state index contributed by atoms with van der Waals surface area (Å²) in [7, 11) is 0. The molecule has 2 aromatic carbocycles. The van der Waals surface area contributed by atoms with Gasteiger partial charge < -0.3 is 18.6 Å². The monoisotopic (exact) mass is 463 g/mol. The zero-order chi connectivity index (χ0) is 22.6. The molecule has 0 aliphatic carbocycles. The van der Waals surface area contributed by atoms with Crippen LogP contribution in [0, 0.1) is 0 Å². The summed E-state index contributed by atoms with van der Waals surface area (Å²) in [4.78, 5) is 20.0. The van der Waals surface area contributed by atoms with Crippen LogP contribution in [0.15, 0.2) is 75.9 Å². The number of aromatic nitrogens is 2. The van der Waals surface area contributed by atoms with Gasteiger partial charge in [0.25, 0.3) is 11.8 Å². The fraction of sp³-hybridized carbons (Fsp3) is 0.240. The highest BCUT2D eigenvalue weighted by Gasteiger charge is 2.27. The molecule has 0 radical (unpaired) electrons. The topological polar surface area (TPSA) is 81.6 Å². The Bertz CT molecular complexity index is 1210. The van der Waals surface area contributed by atoms with Crippen LogP contribution in [0.4, 0.5) is 0 Å². The number of furan rings is 1. The maximum Gasteiger partial charge on any atom is 0.259 e. The van der Waals surface area contributed by atoms with Crippen molar-refractivity contribution < 1.29 is 18.5 Å². The van der Waals surface area contributed by atoms with Gasteiger partial charge in [0.05, 0.1) is 30.0 Å². The molecule has 2 aromatic heterocycles. The third kappa shape index (κ3) is 4.84. The van der Waals surface area contributed by atoms with Crippen LogP contribution in [-0.2, 0) is 11.3 Å². The lowest BCUT2D eigenvalue weighted by atomic mass is 10.1. The third-order valence-electron chi connectivity index (χ3n) is 5.58. The normalized spacial score (nSPS) is 15.6. The Labute approximate surface area is 195 Å². The summed E-state index contributed by atoms with van der Waals surface area (Å²) in [6.45, 7) is 1.55. The zero-order valence-corrected chi connectivity index (χ0v) is 18.6. The Kier molecular flexibility index (Phi) is 6.24. The lowest BCUT2D eigenvalue weighted by molar-refractivity contribution is 0.0492. The lowest BCUT2D eigenvalue weighted by Crippen LogP contribution is -2.37. The molecule has 1 atom stereocenters. The molecule has 4 aromatic rings. The molecule has 0 bridgehead atoms. The second-order valence-electron chi connectivity index (χ2n) is 7.88. The van der Waals surface area contributed by atoms with Gasteiger partial charge in [-0.1, -0.05) is 28.9 Å². The summed E-state index contributed by atoms with van der Waals surface area (Å²) in [6.07, 6.45) is 3.54. The number of amides is 1. The maximum absolute atomic E-state index is 13.7. The second-order valence-corrected chi connectivity index (χ2v) is 8.31. The van der Waals surface area contributed by atoms with Crippen molar-refractivity contribution in [3.05, 3.63) is 83.3 Å². The number of rotatable bonds is 7. The highest BCUT2D eigenvalue weighted by molar-refractivity contribution is 6.30. The molecular formula is C25H22ClN3O4. The van der Waals surface area contributed by atoms with Crippen LogP contribution in [0.3, 0.4) is 0 Å². The fourth-order valence-electron chi connectivity index (χ4n) is 3.92.